The number of carbonyl (C=O) groups excluding carboxylic acids is 2. The van der Waals surface area contributed by atoms with Gasteiger partial charge < -0.3 is 19.7 Å². The summed E-state index contributed by atoms with van der Waals surface area (Å²) in [6.45, 7) is 8.72. The third-order valence-corrected chi connectivity index (χ3v) is 14.9. The van der Waals surface area contributed by atoms with E-state index in [2.05, 4.69) is 25.9 Å². The van der Waals surface area contributed by atoms with Crippen LogP contribution in [0.15, 0.2) is 42.5 Å². The maximum Gasteiger partial charge on any atom is 0.283 e. The number of ether oxygens (including phenoxy) is 2. The van der Waals surface area contributed by atoms with Crippen molar-refractivity contribution in [3.63, 3.8) is 0 Å². The normalized spacial score (nSPS) is 31.5. The Morgan fingerprint density at radius 2 is 1.96 bits per heavy atom. The molecule has 1 aromatic carbocycles. The number of carbonyl (C=O) groups is 2. The second kappa shape index (κ2) is 17.0. The first kappa shape index (κ1) is 39.2. The topological polar surface area (TPSA) is 130 Å². The summed E-state index contributed by atoms with van der Waals surface area (Å²) in [5.41, 5.74) is 2.08. The maximum absolute atomic E-state index is 13.5. The molecule has 2 bridgehead atoms. The zero-order valence-corrected chi connectivity index (χ0v) is 33.3. The molecule has 3 fully saturated rings. The highest BCUT2D eigenvalue weighted by Crippen LogP contribution is 2.45. The molecule has 1 saturated carbocycles. The molecule has 2 saturated heterocycles. The fraction of sp³-hybridized carbons (Fsp3) is 0.634. The SMILES string of the molecule is C1CCN2CCNC[C@H]2C1.COCC[C@@H]1[C@@H](C)C/C=C/C(=O)[C@@H]2CC[C@H]2CN2C[C@@]3(CCCc4cc(Cl)ccc43)COc3ccc(nc32)C(=O)NS1(=O)=O. The van der Waals surface area contributed by atoms with Crippen LogP contribution in [0, 0.1) is 17.8 Å². The summed E-state index contributed by atoms with van der Waals surface area (Å²) in [5.74, 6) is -0.00478. The average Bonchev–Trinajstić information content (AvgIpc) is 3.29. The van der Waals surface area contributed by atoms with E-state index in [1.807, 2.05) is 19.1 Å². The number of rotatable bonds is 3. The van der Waals surface area contributed by atoms with Crippen LogP contribution in [-0.4, -0.2) is 101 Å². The number of hydrogen-bond acceptors (Lipinski definition) is 10. The number of hydrogen-bond donors (Lipinski definition) is 2. The molecule has 2 aliphatic carbocycles. The van der Waals surface area contributed by atoms with Gasteiger partial charge in [-0.3, -0.25) is 14.5 Å². The van der Waals surface area contributed by atoms with E-state index in [1.54, 1.807) is 18.2 Å². The predicted molar refractivity (Wildman–Crippen MR) is 211 cm³/mol. The summed E-state index contributed by atoms with van der Waals surface area (Å²) < 4.78 is 41.0. The lowest BCUT2D eigenvalue weighted by Gasteiger charge is -2.43. The van der Waals surface area contributed by atoms with E-state index in [4.69, 9.17) is 26.1 Å². The number of pyridine rings is 1. The molecule has 6 aliphatic rings. The van der Waals surface area contributed by atoms with Crippen molar-refractivity contribution in [1.29, 1.82) is 0 Å². The number of fused-ring (bicyclic) bond motifs is 5. The third kappa shape index (κ3) is 8.53. The minimum Gasteiger partial charge on any atom is -0.489 e. The molecule has 13 heteroatoms. The Kier molecular flexibility index (Phi) is 12.3. The average molecular weight is 782 g/mol. The Bertz CT molecular complexity index is 1800. The second-order valence-corrected chi connectivity index (χ2v) is 18.6. The fourth-order valence-electron chi connectivity index (χ4n) is 9.54. The zero-order chi connectivity index (χ0) is 37.9. The van der Waals surface area contributed by atoms with Crippen LogP contribution in [0.1, 0.15) is 86.3 Å². The van der Waals surface area contributed by atoms with E-state index in [1.165, 1.54) is 69.7 Å². The molecule has 1 amide bonds. The van der Waals surface area contributed by atoms with Gasteiger partial charge in [0.2, 0.25) is 10.0 Å². The number of allylic oxidation sites excluding steroid dienone is 2. The second-order valence-electron chi connectivity index (χ2n) is 16.3. The molecule has 5 heterocycles. The standard InChI is InChI=1S/C33H40ClN3O6S.C8H16N2/c1-21-5-3-7-28(38)25-10-8-23(25)18-37-19-33(15-4-6-22-17-24(34)9-11-26(22)33)20-43-29-13-12-27(35-31(29)37)32(39)36-44(40,41)30(21)14-16-42-2;1-2-5-10-6-4-9-7-8(10)3-1/h3,7,9,11-13,17,21,23,25,30H,4-6,8,10,14-16,18-20H2,1-2H3,(H,36,39);8-9H,1-7H2/b7-3+;/t21-,23-,25+,30+,33-;8-/m01/s1. The summed E-state index contributed by atoms with van der Waals surface area (Å²) in [6.07, 6.45) is 12.9. The highest BCUT2D eigenvalue weighted by Gasteiger charge is 2.45. The van der Waals surface area contributed by atoms with Crippen molar-refractivity contribution in [2.45, 2.75) is 87.8 Å². The van der Waals surface area contributed by atoms with Crippen molar-refractivity contribution >= 4 is 39.1 Å². The first-order valence-corrected chi connectivity index (χ1v) is 21.9. The van der Waals surface area contributed by atoms with Crippen molar-refractivity contribution in [3.05, 3.63) is 64.3 Å². The van der Waals surface area contributed by atoms with Crippen LogP contribution in [0.5, 0.6) is 5.75 Å². The Morgan fingerprint density at radius 1 is 1.09 bits per heavy atom. The number of nitrogens with zero attached hydrogens (tertiary/aromatic N) is 3. The molecular weight excluding hydrogens is 726 g/mol. The lowest BCUT2D eigenvalue weighted by molar-refractivity contribution is -0.122. The molecule has 11 nitrogen and oxygen atoms in total. The Labute approximate surface area is 325 Å². The lowest BCUT2D eigenvalue weighted by atomic mass is 9.69. The lowest BCUT2D eigenvalue weighted by Crippen LogP contribution is -2.53. The van der Waals surface area contributed by atoms with E-state index in [-0.39, 0.29) is 47.7 Å². The molecule has 0 radical (unpaired) electrons. The number of ketones is 1. The number of aromatic nitrogens is 1. The van der Waals surface area contributed by atoms with Gasteiger partial charge in [0.25, 0.3) is 5.91 Å². The molecule has 4 aliphatic heterocycles. The van der Waals surface area contributed by atoms with E-state index >= 15 is 0 Å². The number of piperidine rings is 1. The third-order valence-electron chi connectivity index (χ3n) is 12.7. The van der Waals surface area contributed by atoms with Gasteiger partial charge >= 0.3 is 0 Å². The van der Waals surface area contributed by atoms with Crippen LogP contribution in [0.25, 0.3) is 0 Å². The molecule has 0 unspecified atom stereocenters. The molecular formula is C41H56ClN5O6S. The number of benzene rings is 1. The number of piperazine rings is 1. The number of amides is 1. The van der Waals surface area contributed by atoms with Gasteiger partial charge in [-0.1, -0.05) is 37.1 Å². The number of halogens is 1. The van der Waals surface area contributed by atoms with Crippen LogP contribution in [0.3, 0.4) is 0 Å². The van der Waals surface area contributed by atoms with Crippen LogP contribution >= 0.6 is 11.6 Å². The monoisotopic (exact) mass is 781 g/mol. The van der Waals surface area contributed by atoms with Crippen LogP contribution in [0.4, 0.5) is 5.82 Å². The van der Waals surface area contributed by atoms with Crippen LogP contribution in [0.2, 0.25) is 5.02 Å². The minimum atomic E-state index is -4.09. The fourth-order valence-corrected chi connectivity index (χ4v) is 11.4. The molecule has 2 N–H and O–H groups in total. The first-order valence-electron chi connectivity index (χ1n) is 19.9. The van der Waals surface area contributed by atoms with Gasteiger partial charge in [0.15, 0.2) is 17.4 Å². The van der Waals surface area contributed by atoms with Crippen LogP contribution in [-0.2, 0) is 31.4 Å². The molecule has 54 heavy (non-hydrogen) atoms. The van der Waals surface area contributed by atoms with Gasteiger partial charge in [-0.2, -0.15) is 0 Å². The highest BCUT2D eigenvalue weighted by atomic mass is 35.5. The molecule has 1 aromatic heterocycles. The number of sulfonamides is 1. The summed E-state index contributed by atoms with van der Waals surface area (Å²) in [4.78, 5) is 36.4. The van der Waals surface area contributed by atoms with Crippen LogP contribution < -0.4 is 19.7 Å². The Morgan fingerprint density at radius 3 is 2.76 bits per heavy atom. The van der Waals surface area contributed by atoms with Crippen molar-refractivity contribution in [1.82, 2.24) is 19.9 Å². The quantitative estimate of drug-likeness (QED) is 0.423. The molecule has 6 atom stereocenters. The van der Waals surface area contributed by atoms with E-state index in [9.17, 15) is 18.0 Å². The summed E-state index contributed by atoms with van der Waals surface area (Å²) in [7, 11) is -2.58. The number of nitrogens with one attached hydrogen (secondary N) is 2. The molecule has 8 rings (SSSR count). The van der Waals surface area contributed by atoms with Gasteiger partial charge in [0.05, 0.1) is 11.9 Å². The van der Waals surface area contributed by atoms with E-state index in [0.717, 1.165) is 38.1 Å². The van der Waals surface area contributed by atoms with Gasteiger partial charge in [-0.25, -0.2) is 18.1 Å². The predicted octanol–water partition coefficient (Wildman–Crippen LogP) is 5.31. The van der Waals surface area contributed by atoms with Crippen molar-refractivity contribution in [3.8, 4) is 5.75 Å². The number of methoxy groups -OCH3 is 1. The smallest absolute Gasteiger partial charge is 0.283 e. The van der Waals surface area contributed by atoms with Gasteiger partial charge in [0.1, 0.15) is 5.69 Å². The number of aryl methyl sites for hydroxylation is 1. The van der Waals surface area contributed by atoms with E-state index < -0.39 is 21.2 Å². The molecule has 2 aromatic rings. The maximum atomic E-state index is 13.5. The molecule has 294 valence electrons. The minimum absolute atomic E-state index is 0.000860. The highest BCUT2D eigenvalue weighted by molar-refractivity contribution is 7.90. The Balaban J connectivity index is 0.000000386. The first-order chi connectivity index (χ1) is 26.1. The van der Waals surface area contributed by atoms with Crippen molar-refractivity contribution < 1.29 is 27.5 Å². The van der Waals surface area contributed by atoms with Gasteiger partial charge in [-0.05, 0) is 118 Å². The van der Waals surface area contributed by atoms with Crippen molar-refractivity contribution in [2.75, 3.05) is 64.5 Å². The zero-order valence-electron chi connectivity index (χ0n) is 31.7. The van der Waals surface area contributed by atoms with Crippen molar-refractivity contribution in [2.24, 2.45) is 17.8 Å². The molecule has 1 spiro atoms. The van der Waals surface area contributed by atoms with Gasteiger partial charge in [-0.15, -0.1) is 0 Å². The van der Waals surface area contributed by atoms with Gasteiger partial charge in [0, 0.05) is 68.8 Å². The largest absolute Gasteiger partial charge is 0.489 e. The Hall–Kier alpha value is -3.03. The summed E-state index contributed by atoms with van der Waals surface area (Å²) in [6, 6.07) is 10.2. The number of anilines is 1. The summed E-state index contributed by atoms with van der Waals surface area (Å²) in [5, 5.41) is 3.26. The summed E-state index contributed by atoms with van der Waals surface area (Å²) >= 11 is 6.38. The van der Waals surface area contributed by atoms with E-state index in [0.29, 0.717) is 42.7 Å².